The van der Waals surface area contributed by atoms with E-state index in [1.54, 1.807) is 0 Å². The predicted molar refractivity (Wildman–Crippen MR) is 106 cm³/mol. The van der Waals surface area contributed by atoms with Gasteiger partial charge in [-0.1, -0.05) is 47.0 Å². The van der Waals surface area contributed by atoms with E-state index in [-0.39, 0.29) is 12.4 Å². The van der Waals surface area contributed by atoms with E-state index in [1.807, 2.05) is 0 Å². The summed E-state index contributed by atoms with van der Waals surface area (Å²) in [5, 5.41) is 10.8. The maximum atomic E-state index is 10.8. The molecule has 26 heavy (non-hydrogen) atoms. The van der Waals surface area contributed by atoms with E-state index < -0.39 is 0 Å². The molecule has 152 valence electrons. The molecule has 0 aromatic heterocycles. The Hall–Kier alpha value is -0.120. The summed E-state index contributed by atoms with van der Waals surface area (Å²) in [7, 11) is 0. The van der Waals surface area contributed by atoms with Crippen molar-refractivity contribution in [1.82, 2.24) is 0 Å². The van der Waals surface area contributed by atoms with Gasteiger partial charge in [0, 0.05) is 6.42 Å². The molecule has 3 aliphatic rings. The van der Waals surface area contributed by atoms with Gasteiger partial charge in [-0.3, -0.25) is 0 Å². The number of hydrogen-bond donors (Lipinski definition) is 1. The minimum absolute atomic E-state index is 0.0834. The highest BCUT2D eigenvalue weighted by Crippen LogP contribution is 2.55. The lowest BCUT2D eigenvalue weighted by Crippen LogP contribution is -2.44. The van der Waals surface area contributed by atoms with Gasteiger partial charge in [-0.25, -0.2) is 0 Å². The lowest BCUT2D eigenvalue weighted by molar-refractivity contribution is -0.198. The summed E-state index contributed by atoms with van der Waals surface area (Å²) in [6.07, 6.45) is 9.37. The molecule has 3 fully saturated rings. The average Bonchev–Trinajstić information content (AvgIpc) is 3.04. The minimum atomic E-state index is -0.171. The van der Waals surface area contributed by atoms with Gasteiger partial charge in [0.1, 0.15) is 0 Å². The van der Waals surface area contributed by atoms with Gasteiger partial charge in [0.05, 0.1) is 19.3 Å². The molecule has 2 saturated carbocycles. The molecule has 3 nitrogen and oxygen atoms in total. The molecule has 0 aromatic rings. The van der Waals surface area contributed by atoms with Crippen LogP contribution in [0.4, 0.5) is 0 Å². The number of fused-ring (bicyclic) bond motifs is 1. The van der Waals surface area contributed by atoms with Crippen molar-refractivity contribution in [2.24, 2.45) is 41.4 Å². The Balaban J connectivity index is 1.61. The van der Waals surface area contributed by atoms with Gasteiger partial charge in [-0.05, 0) is 67.1 Å². The minimum Gasteiger partial charge on any atom is -0.393 e. The Morgan fingerprint density at radius 2 is 1.77 bits per heavy atom. The average molecular weight is 367 g/mol. The number of aliphatic hydroxyl groups excluding tert-OH is 1. The summed E-state index contributed by atoms with van der Waals surface area (Å²) in [6.45, 7) is 11.2. The van der Waals surface area contributed by atoms with Crippen LogP contribution in [0.3, 0.4) is 0 Å². The Kier molecular flexibility index (Phi) is 7.44. The largest absolute Gasteiger partial charge is 0.393 e. The van der Waals surface area contributed by atoms with Crippen LogP contribution in [0.25, 0.3) is 0 Å². The molecule has 2 aliphatic carbocycles. The standard InChI is InChI=1S/C23H42O3/c1-15(2)7-5-8-16(3)18-9-10-19-20(14-22-25-11-6-12-26-22)21(24)13-17(4)23(18)19/h15-24H,5-14H2,1-4H3/t16-,17-,18-,19-,20+,21+,23?/m1/s1. The molecule has 3 heteroatoms. The van der Waals surface area contributed by atoms with Crippen LogP contribution in [0.5, 0.6) is 0 Å². The number of ether oxygens (including phenoxy) is 2. The molecule has 0 radical (unpaired) electrons. The second kappa shape index (κ2) is 9.39. The third-order valence-electron chi connectivity index (χ3n) is 7.67. The van der Waals surface area contributed by atoms with Crippen LogP contribution >= 0.6 is 0 Å². The molecule has 1 unspecified atom stereocenters. The fourth-order valence-electron chi connectivity index (χ4n) is 6.38. The van der Waals surface area contributed by atoms with Gasteiger partial charge in [0.2, 0.25) is 0 Å². The zero-order chi connectivity index (χ0) is 18.7. The molecule has 7 atom stereocenters. The first-order valence-corrected chi connectivity index (χ1v) is 11.4. The van der Waals surface area contributed by atoms with E-state index in [1.165, 1.54) is 32.1 Å². The van der Waals surface area contributed by atoms with E-state index in [2.05, 4.69) is 27.7 Å². The summed E-state index contributed by atoms with van der Waals surface area (Å²) in [6, 6.07) is 0. The van der Waals surface area contributed by atoms with Crippen molar-refractivity contribution in [3.8, 4) is 0 Å². The first-order chi connectivity index (χ1) is 12.5. The molecular formula is C23H42O3. The molecule has 0 aromatic carbocycles. The molecule has 1 N–H and O–H groups in total. The van der Waals surface area contributed by atoms with Crippen LogP contribution < -0.4 is 0 Å². The number of aliphatic hydroxyl groups is 1. The predicted octanol–water partition coefficient (Wildman–Crippen LogP) is 5.26. The molecule has 1 saturated heterocycles. The lowest BCUT2D eigenvalue weighted by Gasteiger charge is -2.45. The van der Waals surface area contributed by atoms with Gasteiger partial charge >= 0.3 is 0 Å². The van der Waals surface area contributed by atoms with Crippen molar-refractivity contribution in [2.45, 2.75) is 91.5 Å². The summed E-state index contributed by atoms with van der Waals surface area (Å²) in [4.78, 5) is 0. The van der Waals surface area contributed by atoms with E-state index in [4.69, 9.17) is 9.47 Å². The summed E-state index contributed by atoms with van der Waals surface area (Å²) in [5.41, 5.74) is 0. The Morgan fingerprint density at radius 1 is 1.04 bits per heavy atom. The first kappa shape index (κ1) is 20.6. The van der Waals surface area contributed by atoms with Gasteiger partial charge in [-0.2, -0.15) is 0 Å². The molecule has 1 aliphatic heterocycles. The van der Waals surface area contributed by atoms with Gasteiger partial charge in [0.15, 0.2) is 6.29 Å². The maximum Gasteiger partial charge on any atom is 0.157 e. The van der Waals surface area contributed by atoms with Crippen LogP contribution in [0, 0.1) is 41.4 Å². The second-order valence-electron chi connectivity index (χ2n) is 9.99. The van der Waals surface area contributed by atoms with Gasteiger partial charge in [0.25, 0.3) is 0 Å². The summed E-state index contributed by atoms with van der Waals surface area (Å²) in [5.74, 6) is 4.98. The molecule has 0 spiro atoms. The van der Waals surface area contributed by atoms with Crippen molar-refractivity contribution >= 4 is 0 Å². The topological polar surface area (TPSA) is 38.7 Å². The zero-order valence-electron chi connectivity index (χ0n) is 17.5. The zero-order valence-corrected chi connectivity index (χ0v) is 17.5. The Morgan fingerprint density at radius 3 is 2.46 bits per heavy atom. The normalized spacial score (nSPS) is 39.9. The molecule has 0 amide bonds. The SMILES string of the molecule is CC(C)CCC[C@@H](C)[C@H]1CC[C@H]2C1[C@H](C)C[C@H](O)[C@H]2CC1OCCCO1. The van der Waals surface area contributed by atoms with E-state index >= 15 is 0 Å². The highest BCUT2D eigenvalue weighted by molar-refractivity contribution is 4.99. The Bertz CT molecular complexity index is 418. The van der Waals surface area contributed by atoms with Gasteiger partial charge < -0.3 is 14.6 Å². The van der Waals surface area contributed by atoms with Crippen LogP contribution in [0.15, 0.2) is 0 Å². The van der Waals surface area contributed by atoms with Crippen LogP contribution in [0.2, 0.25) is 0 Å². The van der Waals surface area contributed by atoms with Crippen molar-refractivity contribution < 1.29 is 14.6 Å². The van der Waals surface area contributed by atoms with E-state index in [0.29, 0.717) is 17.8 Å². The quantitative estimate of drug-likeness (QED) is 0.668. The van der Waals surface area contributed by atoms with Gasteiger partial charge in [-0.15, -0.1) is 0 Å². The second-order valence-corrected chi connectivity index (χ2v) is 9.99. The molecule has 1 heterocycles. The summed E-state index contributed by atoms with van der Waals surface area (Å²) < 4.78 is 11.6. The van der Waals surface area contributed by atoms with Crippen molar-refractivity contribution in [3.63, 3.8) is 0 Å². The van der Waals surface area contributed by atoms with Crippen molar-refractivity contribution in [2.75, 3.05) is 13.2 Å². The monoisotopic (exact) mass is 366 g/mol. The van der Waals surface area contributed by atoms with E-state index in [0.717, 1.165) is 56.1 Å². The Labute approximate surface area is 161 Å². The number of hydrogen-bond acceptors (Lipinski definition) is 3. The fourth-order valence-corrected chi connectivity index (χ4v) is 6.38. The van der Waals surface area contributed by atoms with Crippen LogP contribution in [-0.2, 0) is 9.47 Å². The lowest BCUT2D eigenvalue weighted by atomic mass is 9.62. The molecular weight excluding hydrogens is 324 g/mol. The smallest absolute Gasteiger partial charge is 0.157 e. The third kappa shape index (κ3) is 4.83. The third-order valence-corrected chi connectivity index (χ3v) is 7.67. The van der Waals surface area contributed by atoms with E-state index in [9.17, 15) is 5.11 Å². The van der Waals surface area contributed by atoms with Crippen molar-refractivity contribution in [3.05, 3.63) is 0 Å². The van der Waals surface area contributed by atoms with Crippen molar-refractivity contribution in [1.29, 1.82) is 0 Å². The molecule has 0 bridgehead atoms. The highest BCUT2D eigenvalue weighted by Gasteiger charge is 2.50. The fraction of sp³-hybridized carbons (Fsp3) is 1.00. The maximum absolute atomic E-state index is 10.8. The number of rotatable bonds is 7. The highest BCUT2D eigenvalue weighted by atomic mass is 16.7. The molecule has 3 rings (SSSR count). The summed E-state index contributed by atoms with van der Waals surface area (Å²) >= 11 is 0. The van der Waals surface area contributed by atoms with Crippen LogP contribution in [-0.4, -0.2) is 30.7 Å². The van der Waals surface area contributed by atoms with Crippen LogP contribution in [0.1, 0.15) is 79.1 Å². The first-order valence-electron chi connectivity index (χ1n) is 11.4.